The first kappa shape index (κ1) is 20.0. The maximum atomic E-state index is 12.1. The number of thioether (sulfide) groups is 1. The molecule has 1 amide bonds. The second-order valence-electron chi connectivity index (χ2n) is 6.40. The van der Waals surface area contributed by atoms with Gasteiger partial charge < -0.3 is 11.1 Å². The van der Waals surface area contributed by atoms with E-state index in [-0.39, 0.29) is 5.91 Å². The number of hydrogen-bond donors (Lipinski definition) is 2. The molecule has 28 heavy (non-hydrogen) atoms. The minimum atomic E-state index is -0.482. The van der Waals surface area contributed by atoms with E-state index in [1.165, 1.54) is 0 Å². The normalized spacial score (nSPS) is 11.9. The van der Waals surface area contributed by atoms with Gasteiger partial charge in [0.2, 0.25) is 11.7 Å². The smallest absolute Gasteiger partial charge is 0.241 e. The Morgan fingerprint density at radius 2 is 1.93 bits per heavy atom. The van der Waals surface area contributed by atoms with Crippen LogP contribution in [-0.4, -0.2) is 44.2 Å². The predicted octanol–water partition coefficient (Wildman–Crippen LogP) is 2.60. The SMILES string of the molecule is CSCC[C@H](N)C(=O)Nc1ccc(CCn2nnc(-c3ccccc3)n2)cc1. The van der Waals surface area contributed by atoms with E-state index in [0.717, 1.165) is 29.0 Å². The molecule has 0 fully saturated rings. The number of aromatic nitrogens is 4. The Kier molecular flexibility index (Phi) is 7.16. The number of tetrazole rings is 1. The van der Waals surface area contributed by atoms with E-state index < -0.39 is 6.04 Å². The van der Waals surface area contributed by atoms with Crippen LogP contribution in [0.25, 0.3) is 11.4 Å². The summed E-state index contributed by atoms with van der Waals surface area (Å²) in [6.45, 7) is 0.630. The lowest BCUT2D eigenvalue weighted by atomic mass is 10.1. The second kappa shape index (κ2) is 10.0. The fraction of sp³-hybridized carbons (Fsp3) is 0.300. The van der Waals surface area contributed by atoms with E-state index in [2.05, 4.69) is 20.7 Å². The van der Waals surface area contributed by atoms with Crippen molar-refractivity contribution >= 4 is 23.4 Å². The first-order chi connectivity index (χ1) is 13.7. The molecule has 1 heterocycles. The summed E-state index contributed by atoms with van der Waals surface area (Å²) < 4.78 is 0. The van der Waals surface area contributed by atoms with Gasteiger partial charge in [-0.3, -0.25) is 4.79 Å². The van der Waals surface area contributed by atoms with Crippen LogP contribution >= 0.6 is 11.8 Å². The van der Waals surface area contributed by atoms with Gasteiger partial charge in [-0.2, -0.15) is 16.6 Å². The molecule has 0 aliphatic rings. The molecule has 3 aromatic rings. The maximum Gasteiger partial charge on any atom is 0.241 e. The molecule has 2 aromatic carbocycles. The first-order valence-electron chi connectivity index (χ1n) is 9.13. The number of hydrogen-bond acceptors (Lipinski definition) is 6. The number of carbonyl (C=O) groups excluding carboxylic acids is 1. The molecule has 0 saturated heterocycles. The van der Waals surface area contributed by atoms with Crippen LogP contribution < -0.4 is 11.1 Å². The van der Waals surface area contributed by atoms with Crippen molar-refractivity contribution in [1.82, 2.24) is 20.2 Å². The summed E-state index contributed by atoms with van der Waals surface area (Å²) in [6, 6.07) is 17.0. The molecule has 8 heteroatoms. The van der Waals surface area contributed by atoms with Crippen LogP contribution in [0, 0.1) is 0 Å². The molecule has 7 nitrogen and oxygen atoms in total. The zero-order valence-corrected chi connectivity index (χ0v) is 16.6. The van der Waals surface area contributed by atoms with Crippen molar-refractivity contribution in [2.24, 2.45) is 5.73 Å². The third kappa shape index (κ3) is 5.64. The fourth-order valence-corrected chi connectivity index (χ4v) is 3.13. The first-order valence-corrected chi connectivity index (χ1v) is 10.5. The summed E-state index contributed by atoms with van der Waals surface area (Å²) in [7, 11) is 0. The lowest BCUT2D eigenvalue weighted by Gasteiger charge is -2.12. The van der Waals surface area contributed by atoms with Crippen LogP contribution in [0.3, 0.4) is 0 Å². The van der Waals surface area contributed by atoms with Gasteiger partial charge in [-0.1, -0.05) is 42.5 Å². The van der Waals surface area contributed by atoms with Crippen LogP contribution in [0.1, 0.15) is 12.0 Å². The summed E-state index contributed by atoms with van der Waals surface area (Å²) in [5, 5.41) is 15.5. The van der Waals surface area contributed by atoms with Crippen molar-refractivity contribution in [2.45, 2.75) is 25.4 Å². The number of aryl methyl sites for hydroxylation is 2. The van der Waals surface area contributed by atoms with Crippen molar-refractivity contribution in [3.05, 3.63) is 60.2 Å². The lowest BCUT2D eigenvalue weighted by Crippen LogP contribution is -2.36. The monoisotopic (exact) mass is 396 g/mol. The zero-order valence-electron chi connectivity index (χ0n) is 15.8. The molecule has 0 bridgehead atoms. The molecule has 1 aromatic heterocycles. The lowest BCUT2D eigenvalue weighted by molar-refractivity contribution is -0.117. The number of nitrogens with one attached hydrogen (secondary N) is 1. The Morgan fingerprint density at radius 1 is 1.18 bits per heavy atom. The molecule has 0 spiro atoms. The number of rotatable bonds is 9. The Bertz CT molecular complexity index is 881. The molecule has 0 radical (unpaired) electrons. The van der Waals surface area contributed by atoms with Crippen molar-refractivity contribution in [3.8, 4) is 11.4 Å². The average molecular weight is 397 g/mol. The molecular weight excluding hydrogens is 372 g/mol. The molecule has 0 unspecified atom stereocenters. The standard InChI is InChI=1S/C20H24N6OS/c1-28-14-12-18(21)20(27)22-17-9-7-15(8-10-17)11-13-26-24-19(23-25-26)16-5-3-2-4-6-16/h2-10,18H,11-14,21H2,1H3,(H,22,27)/t18-/m0/s1. The Morgan fingerprint density at radius 3 is 2.64 bits per heavy atom. The fourth-order valence-electron chi connectivity index (χ4n) is 2.64. The predicted molar refractivity (Wildman–Crippen MR) is 113 cm³/mol. The van der Waals surface area contributed by atoms with Crippen molar-refractivity contribution in [2.75, 3.05) is 17.3 Å². The van der Waals surface area contributed by atoms with Crippen LogP contribution in [-0.2, 0) is 17.8 Å². The molecule has 3 N–H and O–H groups in total. The van der Waals surface area contributed by atoms with Crippen molar-refractivity contribution in [1.29, 1.82) is 0 Å². The van der Waals surface area contributed by atoms with Gasteiger partial charge in [-0.25, -0.2) is 0 Å². The molecule has 1 atom stereocenters. The van der Waals surface area contributed by atoms with Gasteiger partial charge in [-0.05, 0) is 47.8 Å². The van der Waals surface area contributed by atoms with E-state index >= 15 is 0 Å². The zero-order chi connectivity index (χ0) is 19.8. The molecule has 0 saturated carbocycles. The van der Waals surface area contributed by atoms with E-state index in [0.29, 0.717) is 18.8 Å². The molecule has 146 valence electrons. The van der Waals surface area contributed by atoms with Gasteiger partial charge in [0.1, 0.15) is 0 Å². The number of carbonyl (C=O) groups is 1. The Labute approximate surface area is 168 Å². The van der Waals surface area contributed by atoms with Gasteiger partial charge in [0.05, 0.1) is 12.6 Å². The molecule has 0 aliphatic carbocycles. The van der Waals surface area contributed by atoms with Gasteiger partial charge in [0, 0.05) is 11.3 Å². The summed E-state index contributed by atoms with van der Waals surface area (Å²) in [4.78, 5) is 13.7. The van der Waals surface area contributed by atoms with Gasteiger partial charge >= 0.3 is 0 Å². The topological polar surface area (TPSA) is 98.7 Å². The average Bonchev–Trinajstić information content (AvgIpc) is 3.21. The van der Waals surface area contributed by atoms with Crippen LogP contribution in [0.15, 0.2) is 54.6 Å². The maximum absolute atomic E-state index is 12.1. The van der Waals surface area contributed by atoms with Crippen molar-refractivity contribution < 1.29 is 4.79 Å². The molecular formula is C20H24N6OS. The highest BCUT2D eigenvalue weighted by Crippen LogP contribution is 2.13. The number of nitrogens with zero attached hydrogens (tertiary/aromatic N) is 4. The third-order valence-electron chi connectivity index (χ3n) is 4.28. The van der Waals surface area contributed by atoms with Gasteiger partial charge in [0.15, 0.2) is 0 Å². The van der Waals surface area contributed by atoms with E-state index in [4.69, 9.17) is 5.73 Å². The summed E-state index contributed by atoms with van der Waals surface area (Å²) >= 11 is 1.68. The van der Waals surface area contributed by atoms with Crippen molar-refractivity contribution in [3.63, 3.8) is 0 Å². The third-order valence-corrected chi connectivity index (χ3v) is 4.92. The number of benzene rings is 2. The second-order valence-corrected chi connectivity index (χ2v) is 7.38. The number of nitrogens with two attached hydrogens (primary N) is 1. The summed E-state index contributed by atoms with van der Waals surface area (Å²) in [6.07, 6.45) is 3.44. The van der Waals surface area contributed by atoms with E-state index in [1.54, 1.807) is 16.6 Å². The summed E-state index contributed by atoms with van der Waals surface area (Å²) in [5.41, 5.74) is 8.71. The van der Waals surface area contributed by atoms with Gasteiger partial charge in [0.25, 0.3) is 0 Å². The minimum absolute atomic E-state index is 0.151. The Hall–Kier alpha value is -2.71. The van der Waals surface area contributed by atoms with E-state index in [1.807, 2.05) is 60.9 Å². The summed E-state index contributed by atoms with van der Waals surface area (Å²) in [5.74, 6) is 1.34. The Balaban J connectivity index is 1.51. The van der Waals surface area contributed by atoms with Crippen LogP contribution in [0.2, 0.25) is 0 Å². The highest BCUT2D eigenvalue weighted by atomic mass is 32.2. The minimum Gasteiger partial charge on any atom is -0.325 e. The van der Waals surface area contributed by atoms with Crippen LogP contribution in [0.5, 0.6) is 0 Å². The molecule has 0 aliphatic heterocycles. The number of anilines is 1. The van der Waals surface area contributed by atoms with Gasteiger partial charge in [-0.15, -0.1) is 10.2 Å². The number of amides is 1. The van der Waals surface area contributed by atoms with Crippen LogP contribution in [0.4, 0.5) is 5.69 Å². The molecule has 3 rings (SSSR count). The largest absolute Gasteiger partial charge is 0.325 e. The highest BCUT2D eigenvalue weighted by molar-refractivity contribution is 7.98. The highest BCUT2D eigenvalue weighted by Gasteiger charge is 2.13. The quantitative estimate of drug-likeness (QED) is 0.577. The van der Waals surface area contributed by atoms with E-state index in [9.17, 15) is 4.79 Å².